The summed E-state index contributed by atoms with van der Waals surface area (Å²) in [5, 5.41) is 7.90. The lowest BCUT2D eigenvalue weighted by molar-refractivity contribution is 0.0963. The molecule has 140 valence electrons. The third-order valence-electron chi connectivity index (χ3n) is 5.09. The minimum Gasteiger partial charge on any atom is -0.355 e. The molecule has 5 nitrogen and oxygen atoms in total. The van der Waals surface area contributed by atoms with E-state index in [1.54, 1.807) is 7.05 Å². The highest BCUT2D eigenvalue weighted by Crippen LogP contribution is 2.38. The topological polar surface area (TPSA) is 63.1 Å². The Bertz CT molecular complexity index is 1070. The molecule has 0 saturated heterocycles. The Labute approximate surface area is 166 Å². The first-order valence-electron chi connectivity index (χ1n) is 8.92. The Hall–Kier alpha value is -2.31. The van der Waals surface area contributed by atoms with Gasteiger partial charge in [0.05, 0.1) is 5.56 Å². The van der Waals surface area contributed by atoms with Crippen molar-refractivity contribution in [3.63, 3.8) is 0 Å². The number of amides is 2. The predicted molar refractivity (Wildman–Crippen MR) is 110 cm³/mol. The molecule has 2 aromatic heterocycles. The van der Waals surface area contributed by atoms with E-state index in [0.717, 1.165) is 42.1 Å². The number of nitrogens with one attached hydrogen (secondary N) is 2. The third-order valence-corrected chi connectivity index (χ3v) is 6.53. The zero-order valence-corrected chi connectivity index (χ0v) is 16.8. The van der Waals surface area contributed by atoms with Crippen LogP contribution in [0.3, 0.4) is 0 Å². The van der Waals surface area contributed by atoms with Crippen molar-refractivity contribution in [2.24, 2.45) is 7.05 Å². The van der Waals surface area contributed by atoms with E-state index in [2.05, 4.69) is 10.6 Å². The van der Waals surface area contributed by atoms with Gasteiger partial charge < -0.3 is 15.2 Å². The first-order chi connectivity index (χ1) is 13.0. The van der Waals surface area contributed by atoms with Crippen LogP contribution in [0.5, 0.6) is 0 Å². The van der Waals surface area contributed by atoms with Crippen molar-refractivity contribution in [2.45, 2.75) is 25.7 Å². The molecule has 0 bridgehead atoms. The third kappa shape index (κ3) is 3.13. The molecule has 0 atom stereocenters. The SMILES string of the molecule is CNC(=O)c1c(NC(=O)c2cc3ccc(Cl)cc3n2C)sc2c1CCCC2. The molecular formula is C20H20ClN3O2S. The number of carbonyl (C=O) groups excluding carboxylic acids is 2. The zero-order valence-electron chi connectivity index (χ0n) is 15.2. The molecule has 2 amide bonds. The van der Waals surface area contributed by atoms with Crippen LogP contribution >= 0.6 is 22.9 Å². The van der Waals surface area contributed by atoms with E-state index in [1.165, 1.54) is 16.2 Å². The van der Waals surface area contributed by atoms with Crippen molar-refractivity contribution < 1.29 is 9.59 Å². The number of benzene rings is 1. The molecule has 0 fully saturated rings. The van der Waals surface area contributed by atoms with E-state index in [0.29, 0.717) is 21.3 Å². The summed E-state index contributed by atoms with van der Waals surface area (Å²) in [4.78, 5) is 26.6. The summed E-state index contributed by atoms with van der Waals surface area (Å²) in [6.45, 7) is 0. The number of aromatic nitrogens is 1. The summed E-state index contributed by atoms with van der Waals surface area (Å²) < 4.78 is 1.82. The highest BCUT2D eigenvalue weighted by atomic mass is 35.5. The number of thiophene rings is 1. The monoisotopic (exact) mass is 401 g/mol. The van der Waals surface area contributed by atoms with Crippen molar-refractivity contribution in [3.8, 4) is 0 Å². The molecule has 0 spiro atoms. The van der Waals surface area contributed by atoms with E-state index in [9.17, 15) is 9.59 Å². The van der Waals surface area contributed by atoms with Crippen LogP contribution in [0, 0.1) is 0 Å². The fourth-order valence-electron chi connectivity index (χ4n) is 3.71. The maximum Gasteiger partial charge on any atom is 0.272 e. The van der Waals surface area contributed by atoms with Crippen LogP contribution < -0.4 is 10.6 Å². The Balaban J connectivity index is 1.72. The highest BCUT2D eigenvalue weighted by Gasteiger charge is 2.26. The van der Waals surface area contributed by atoms with Gasteiger partial charge in [-0.25, -0.2) is 0 Å². The summed E-state index contributed by atoms with van der Waals surface area (Å²) in [6.07, 6.45) is 4.05. The Morgan fingerprint density at radius 3 is 2.70 bits per heavy atom. The van der Waals surface area contributed by atoms with E-state index >= 15 is 0 Å². The van der Waals surface area contributed by atoms with Gasteiger partial charge in [-0.1, -0.05) is 17.7 Å². The van der Waals surface area contributed by atoms with Crippen molar-refractivity contribution in [3.05, 3.63) is 51.0 Å². The van der Waals surface area contributed by atoms with Gasteiger partial charge in [-0.2, -0.15) is 0 Å². The molecule has 3 aromatic rings. The molecule has 0 aliphatic heterocycles. The molecule has 2 N–H and O–H groups in total. The zero-order chi connectivity index (χ0) is 19.1. The van der Waals surface area contributed by atoms with Gasteiger partial charge in [-0.05, 0) is 49.4 Å². The van der Waals surface area contributed by atoms with Crippen LogP contribution in [0.2, 0.25) is 5.02 Å². The number of rotatable bonds is 3. The van der Waals surface area contributed by atoms with Gasteiger partial charge in [0.2, 0.25) is 0 Å². The molecule has 27 heavy (non-hydrogen) atoms. The van der Waals surface area contributed by atoms with E-state index in [4.69, 9.17) is 11.6 Å². The molecule has 0 radical (unpaired) electrons. The highest BCUT2D eigenvalue weighted by molar-refractivity contribution is 7.17. The lowest BCUT2D eigenvalue weighted by Gasteiger charge is -2.12. The first kappa shape index (κ1) is 18.1. The molecule has 1 aromatic carbocycles. The molecule has 7 heteroatoms. The Morgan fingerprint density at radius 2 is 1.93 bits per heavy atom. The first-order valence-corrected chi connectivity index (χ1v) is 10.1. The summed E-state index contributed by atoms with van der Waals surface area (Å²) in [5.74, 6) is -0.373. The summed E-state index contributed by atoms with van der Waals surface area (Å²) in [6, 6.07) is 7.39. The second-order valence-electron chi connectivity index (χ2n) is 6.74. The second kappa shape index (κ2) is 7.02. The van der Waals surface area contributed by atoms with Gasteiger partial charge >= 0.3 is 0 Å². The average Bonchev–Trinajstić information content (AvgIpc) is 3.18. The van der Waals surface area contributed by atoms with Gasteiger partial charge in [-0.3, -0.25) is 9.59 Å². The number of anilines is 1. The van der Waals surface area contributed by atoms with E-state index < -0.39 is 0 Å². The van der Waals surface area contributed by atoms with Crippen LogP contribution in [-0.2, 0) is 19.9 Å². The molecule has 1 aliphatic carbocycles. The van der Waals surface area contributed by atoms with Crippen LogP contribution in [0.4, 0.5) is 5.00 Å². The number of aryl methyl sites for hydroxylation is 2. The van der Waals surface area contributed by atoms with Gasteiger partial charge in [0.15, 0.2) is 0 Å². The van der Waals surface area contributed by atoms with E-state index in [1.807, 2.05) is 35.9 Å². The number of hydrogen-bond donors (Lipinski definition) is 2. The van der Waals surface area contributed by atoms with E-state index in [-0.39, 0.29) is 11.8 Å². The Kier molecular flexibility index (Phi) is 4.70. The number of nitrogens with zero attached hydrogens (tertiary/aromatic N) is 1. The van der Waals surface area contributed by atoms with Crippen molar-refractivity contribution in [2.75, 3.05) is 12.4 Å². The average molecular weight is 402 g/mol. The van der Waals surface area contributed by atoms with Crippen LogP contribution in [-0.4, -0.2) is 23.4 Å². The number of halogens is 1. The predicted octanol–water partition coefficient (Wildman–Crippen LogP) is 4.38. The second-order valence-corrected chi connectivity index (χ2v) is 8.28. The van der Waals surface area contributed by atoms with Gasteiger partial charge in [-0.15, -0.1) is 11.3 Å². The maximum absolute atomic E-state index is 13.0. The normalized spacial score (nSPS) is 13.4. The van der Waals surface area contributed by atoms with Crippen LogP contribution in [0.15, 0.2) is 24.3 Å². The smallest absolute Gasteiger partial charge is 0.272 e. The lowest BCUT2D eigenvalue weighted by Crippen LogP contribution is -2.22. The van der Waals surface area contributed by atoms with Crippen molar-refractivity contribution in [1.29, 1.82) is 0 Å². The van der Waals surface area contributed by atoms with Crippen LogP contribution in [0.1, 0.15) is 44.1 Å². The minimum atomic E-state index is -0.228. The summed E-state index contributed by atoms with van der Waals surface area (Å²) in [7, 11) is 3.46. The van der Waals surface area contributed by atoms with Crippen molar-refractivity contribution >= 4 is 50.7 Å². The number of hydrogen-bond acceptors (Lipinski definition) is 3. The summed E-state index contributed by atoms with van der Waals surface area (Å²) >= 11 is 7.60. The molecule has 4 rings (SSSR count). The maximum atomic E-state index is 13.0. The standard InChI is InChI=1S/C20H20ClN3O2S/c1-22-19(26)17-13-5-3-4-6-16(13)27-20(17)23-18(25)15-9-11-7-8-12(21)10-14(11)24(15)2/h7-10H,3-6H2,1-2H3,(H,22,26)(H,23,25). The molecule has 1 aliphatic rings. The van der Waals surface area contributed by atoms with Gasteiger partial charge in [0.1, 0.15) is 10.7 Å². The van der Waals surface area contributed by atoms with Gasteiger partial charge in [0, 0.05) is 34.9 Å². The number of fused-ring (bicyclic) bond motifs is 2. The number of carbonyl (C=O) groups is 2. The largest absolute Gasteiger partial charge is 0.355 e. The quantitative estimate of drug-likeness (QED) is 0.683. The fourth-order valence-corrected chi connectivity index (χ4v) is 5.16. The summed E-state index contributed by atoms with van der Waals surface area (Å²) in [5.41, 5.74) is 3.13. The molecule has 0 saturated carbocycles. The Morgan fingerprint density at radius 1 is 1.15 bits per heavy atom. The lowest BCUT2D eigenvalue weighted by atomic mass is 9.95. The fraction of sp³-hybridized carbons (Fsp3) is 0.300. The van der Waals surface area contributed by atoms with Crippen LogP contribution in [0.25, 0.3) is 10.9 Å². The minimum absolute atomic E-state index is 0.145. The van der Waals surface area contributed by atoms with Gasteiger partial charge in [0.25, 0.3) is 11.8 Å². The molecule has 2 heterocycles. The molecular weight excluding hydrogens is 382 g/mol. The molecule has 0 unspecified atom stereocenters. The van der Waals surface area contributed by atoms with Crippen molar-refractivity contribution in [1.82, 2.24) is 9.88 Å².